The van der Waals surface area contributed by atoms with Crippen LogP contribution < -0.4 is 16.0 Å². The van der Waals surface area contributed by atoms with E-state index in [1.165, 1.54) is 5.56 Å². The molecule has 2 aromatic carbocycles. The van der Waals surface area contributed by atoms with E-state index in [0.29, 0.717) is 10.8 Å². The molecular formula is C15H16BrClN2O. The number of hydrazine groups is 1. The third-order valence-corrected chi connectivity index (χ3v) is 4.37. The van der Waals surface area contributed by atoms with Crippen LogP contribution in [0, 0.1) is 6.92 Å². The summed E-state index contributed by atoms with van der Waals surface area (Å²) in [7, 11) is 1.60. The average Bonchev–Trinajstić information content (AvgIpc) is 2.45. The Bertz CT molecular complexity index is 619. The number of rotatable bonds is 4. The summed E-state index contributed by atoms with van der Waals surface area (Å²) in [5.74, 6) is 6.35. The number of methoxy groups -OCH3 is 1. The molecule has 0 aromatic heterocycles. The molecule has 0 aliphatic carbocycles. The fraction of sp³-hybridized carbons (Fsp3) is 0.200. The number of hydrogen-bond donors (Lipinski definition) is 2. The lowest BCUT2D eigenvalue weighted by Gasteiger charge is -2.19. The highest BCUT2D eigenvalue weighted by Gasteiger charge is 2.15. The number of hydrogen-bond acceptors (Lipinski definition) is 3. The Kier molecular flexibility index (Phi) is 5.05. The summed E-state index contributed by atoms with van der Waals surface area (Å²) in [6, 6.07) is 11.7. The Hall–Kier alpha value is -1.07. The average molecular weight is 356 g/mol. The minimum absolute atomic E-state index is 0.127. The lowest BCUT2D eigenvalue weighted by molar-refractivity contribution is 0.414. The van der Waals surface area contributed by atoms with Crippen LogP contribution in [0.4, 0.5) is 0 Å². The quantitative estimate of drug-likeness (QED) is 0.644. The third-order valence-electron chi connectivity index (χ3n) is 3.20. The number of ether oxygens (including phenoxy) is 1. The van der Waals surface area contributed by atoms with Crippen molar-refractivity contribution in [1.82, 2.24) is 5.43 Å². The van der Waals surface area contributed by atoms with Gasteiger partial charge in [-0.1, -0.05) is 45.7 Å². The van der Waals surface area contributed by atoms with Crippen molar-refractivity contribution < 1.29 is 4.74 Å². The molecule has 3 N–H and O–H groups in total. The van der Waals surface area contributed by atoms with Crippen LogP contribution in [-0.2, 0) is 0 Å². The first-order valence-electron chi connectivity index (χ1n) is 6.12. The first-order chi connectivity index (χ1) is 9.56. The molecule has 106 valence electrons. The topological polar surface area (TPSA) is 47.3 Å². The summed E-state index contributed by atoms with van der Waals surface area (Å²) in [6.07, 6.45) is 0. The van der Waals surface area contributed by atoms with Crippen LogP contribution in [0.1, 0.15) is 22.7 Å². The number of benzene rings is 2. The van der Waals surface area contributed by atoms with Crippen molar-refractivity contribution >= 4 is 27.5 Å². The molecule has 0 saturated carbocycles. The molecule has 1 atom stereocenters. The second-order valence-corrected chi connectivity index (χ2v) is 5.76. The molecule has 0 aliphatic heterocycles. The van der Waals surface area contributed by atoms with Gasteiger partial charge in [-0.2, -0.15) is 0 Å². The van der Waals surface area contributed by atoms with Crippen LogP contribution in [0.15, 0.2) is 40.9 Å². The van der Waals surface area contributed by atoms with Crippen LogP contribution in [0.5, 0.6) is 5.75 Å². The van der Waals surface area contributed by atoms with Gasteiger partial charge in [0.2, 0.25) is 0 Å². The fourth-order valence-corrected chi connectivity index (χ4v) is 2.62. The van der Waals surface area contributed by atoms with Crippen LogP contribution in [0.3, 0.4) is 0 Å². The first kappa shape index (κ1) is 15.3. The molecule has 2 aromatic rings. The van der Waals surface area contributed by atoms with E-state index >= 15 is 0 Å². The zero-order chi connectivity index (χ0) is 14.7. The smallest absolute Gasteiger partial charge is 0.137 e. The zero-order valence-electron chi connectivity index (χ0n) is 11.3. The summed E-state index contributed by atoms with van der Waals surface area (Å²) in [5, 5.41) is 0.581. The summed E-state index contributed by atoms with van der Waals surface area (Å²) in [6.45, 7) is 2.05. The van der Waals surface area contributed by atoms with Gasteiger partial charge in [-0.05, 0) is 41.8 Å². The van der Waals surface area contributed by atoms with Crippen LogP contribution in [0.2, 0.25) is 5.02 Å². The maximum absolute atomic E-state index is 6.05. The zero-order valence-corrected chi connectivity index (χ0v) is 13.6. The monoisotopic (exact) mass is 354 g/mol. The molecule has 20 heavy (non-hydrogen) atoms. The summed E-state index contributed by atoms with van der Waals surface area (Å²) < 4.78 is 6.30. The summed E-state index contributed by atoms with van der Waals surface area (Å²) >= 11 is 9.59. The molecule has 0 saturated heterocycles. The first-order valence-corrected chi connectivity index (χ1v) is 7.29. The fourth-order valence-electron chi connectivity index (χ4n) is 2.03. The van der Waals surface area contributed by atoms with Gasteiger partial charge in [-0.15, -0.1) is 0 Å². The maximum atomic E-state index is 6.05. The van der Waals surface area contributed by atoms with E-state index in [9.17, 15) is 0 Å². The van der Waals surface area contributed by atoms with Crippen molar-refractivity contribution in [2.75, 3.05) is 7.11 Å². The van der Waals surface area contributed by atoms with E-state index < -0.39 is 0 Å². The van der Waals surface area contributed by atoms with E-state index in [4.69, 9.17) is 22.2 Å². The Morgan fingerprint density at radius 1 is 1.20 bits per heavy atom. The van der Waals surface area contributed by atoms with Gasteiger partial charge < -0.3 is 4.74 Å². The second-order valence-electron chi connectivity index (χ2n) is 4.50. The predicted molar refractivity (Wildman–Crippen MR) is 86.0 cm³/mol. The molecule has 0 spiro atoms. The van der Waals surface area contributed by atoms with Crippen LogP contribution in [-0.4, -0.2) is 7.11 Å². The lowest BCUT2D eigenvalue weighted by atomic mass is 9.98. The minimum atomic E-state index is -0.127. The molecule has 5 heteroatoms. The van der Waals surface area contributed by atoms with Gasteiger partial charge in [-0.3, -0.25) is 5.84 Å². The van der Waals surface area contributed by atoms with Crippen molar-refractivity contribution in [3.63, 3.8) is 0 Å². The summed E-state index contributed by atoms with van der Waals surface area (Å²) in [4.78, 5) is 0. The Morgan fingerprint density at radius 3 is 2.45 bits per heavy atom. The number of nitrogens with one attached hydrogen (secondary N) is 1. The largest absolute Gasteiger partial charge is 0.495 e. The van der Waals surface area contributed by atoms with E-state index in [0.717, 1.165) is 15.6 Å². The minimum Gasteiger partial charge on any atom is -0.495 e. The molecule has 0 aliphatic rings. The molecule has 2 rings (SSSR count). The number of aryl methyl sites for hydroxylation is 1. The number of nitrogens with two attached hydrogens (primary N) is 1. The molecule has 0 amide bonds. The van der Waals surface area contributed by atoms with Crippen molar-refractivity contribution in [1.29, 1.82) is 0 Å². The molecule has 0 fully saturated rings. The lowest BCUT2D eigenvalue weighted by Crippen LogP contribution is -2.28. The molecule has 0 bridgehead atoms. The highest BCUT2D eigenvalue weighted by Crippen LogP contribution is 2.31. The van der Waals surface area contributed by atoms with Crippen molar-refractivity contribution in [3.8, 4) is 5.75 Å². The van der Waals surface area contributed by atoms with Gasteiger partial charge in [0.15, 0.2) is 0 Å². The maximum Gasteiger partial charge on any atom is 0.137 e. The van der Waals surface area contributed by atoms with Gasteiger partial charge in [0.1, 0.15) is 5.75 Å². The van der Waals surface area contributed by atoms with Crippen molar-refractivity contribution in [2.24, 2.45) is 5.84 Å². The van der Waals surface area contributed by atoms with E-state index in [-0.39, 0.29) is 6.04 Å². The Labute approximate surface area is 132 Å². The highest BCUT2D eigenvalue weighted by molar-refractivity contribution is 9.10. The SMILES string of the molecule is COc1cc(C(NN)c2ccc(C)c(Br)c2)ccc1Cl. The van der Waals surface area contributed by atoms with Crippen molar-refractivity contribution in [3.05, 3.63) is 62.6 Å². The van der Waals surface area contributed by atoms with Gasteiger partial charge in [0.25, 0.3) is 0 Å². The third kappa shape index (κ3) is 3.15. The standard InChI is InChI=1S/C15H16BrClN2O/c1-9-3-4-10(7-12(9)16)15(19-18)11-5-6-13(17)14(8-11)20-2/h3-8,15,19H,18H2,1-2H3. The molecule has 0 radical (unpaired) electrons. The van der Waals surface area contributed by atoms with Crippen LogP contribution in [0.25, 0.3) is 0 Å². The molecule has 0 heterocycles. The predicted octanol–water partition coefficient (Wildman–Crippen LogP) is 3.97. The van der Waals surface area contributed by atoms with E-state index in [2.05, 4.69) is 33.5 Å². The second kappa shape index (κ2) is 6.59. The normalized spacial score (nSPS) is 12.2. The molecular weight excluding hydrogens is 340 g/mol. The summed E-state index contributed by atoms with van der Waals surface area (Å²) in [5.41, 5.74) is 6.07. The Balaban J connectivity index is 2.43. The van der Waals surface area contributed by atoms with Gasteiger partial charge in [0, 0.05) is 4.47 Å². The molecule has 3 nitrogen and oxygen atoms in total. The van der Waals surface area contributed by atoms with Gasteiger partial charge in [-0.25, -0.2) is 5.43 Å². The van der Waals surface area contributed by atoms with E-state index in [1.54, 1.807) is 7.11 Å². The number of halogens is 2. The van der Waals surface area contributed by atoms with Gasteiger partial charge in [0.05, 0.1) is 18.2 Å². The van der Waals surface area contributed by atoms with Crippen LogP contribution >= 0.6 is 27.5 Å². The van der Waals surface area contributed by atoms with E-state index in [1.807, 2.05) is 31.2 Å². The van der Waals surface area contributed by atoms with Crippen molar-refractivity contribution in [2.45, 2.75) is 13.0 Å². The molecule has 1 unspecified atom stereocenters. The Morgan fingerprint density at radius 2 is 1.85 bits per heavy atom. The highest BCUT2D eigenvalue weighted by atomic mass is 79.9. The van der Waals surface area contributed by atoms with Gasteiger partial charge >= 0.3 is 0 Å².